The van der Waals surface area contributed by atoms with E-state index in [9.17, 15) is 0 Å². The van der Waals surface area contributed by atoms with Gasteiger partial charge in [-0.3, -0.25) is 0 Å². The Morgan fingerprint density at radius 1 is 1.33 bits per heavy atom. The molecule has 3 unspecified atom stereocenters. The van der Waals surface area contributed by atoms with Crippen molar-refractivity contribution in [1.29, 1.82) is 0 Å². The molecule has 0 amide bonds. The van der Waals surface area contributed by atoms with E-state index >= 15 is 0 Å². The van der Waals surface area contributed by atoms with Crippen LogP contribution >= 0.6 is 15.9 Å². The Morgan fingerprint density at radius 3 is 2.78 bits per heavy atom. The van der Waals surface area contributed by atoms with Crippen molar-refractivity contribution in [1.82, 2.24) is 0 Å². The molecule has 0 aromatic heterocycles. The van der Waals surface area contributed by atoms with Crippen LogP contribution in [0.2, 0.25) is 0 Å². The molecular formula is C14H19BrO3. The molecular weight excluding hydrogens is 296 g/mol. The lowest BCUT2D eigenvalue weighted by Crippen LogP contribution is -2.52. The first-order valence-electron chi connectivity index (χ1n) is 6.31. The summed E-state index contributed by atoms with van der Waals surface area (Å²) >= 11 is 3.61. The minimum absolute atomic E-state index is 0.132. The van der Waals surface area contributed by atoms with Gasteiger partial charge < -0.3 is 14.2 Å². The molecule has 1 fully saturated rings. The minimum atomic E-state index is 0.132. The van der Waals surface area contributed by atoms with Gasteiger partial charge in [0.25, 0.3) is 0 Å². The first-order valence-corrected chi connectivity index (χ1v) is 7.22. The Bertz CT molecular complexity index is 383. The SMILES string of the molecule is CCCOC1C(Br)CC1Oc1cccc(OC)c1. The lowest BCUT2D eigenvalue weighted by Gasteiger charge is -2.40. The number of hydrogen-bond donors (Lipinski definition) is 0. The normalized spacial score (nSPS) is 26.5. The second kappa shape index (κ2) is 6.43. The molecule has 3 atom stereocenters. The zero-order valence-corrected chi connectivity index (χ0v) is 12.4. The van der Waals surface area contributed by atoms with Crippen LogP contribution in [-0.2, 0) is 4.74 Å². The highest BCUT2D eigenvalue weighted by Gasteiger charge is 2.42. The van der Waals surface area contributed by atoms with E-state index in [-0.39, 0.29) is 12.2 Å². The van der Waals surface area contributed by atoms with Gasteiger partial charge in [-0.1, -0.05) is 28.9 Å². The number of halogens is 1. The summed E-state index contributed by atoms with van der Waals surface area (Å²) in [6, 6.07) is 7.69. The Hall–Kier alpha value is -0.740. The predicted molar refractivity (Wildman–Crippen MR) is 74.8 cm³/mol. The maximum atomic E-state index is 5.94. The molecule has 0 saturated heterocycles. The van der Waals surface area contributed by atoms with Crippen LogP contribution < -0.4 is 9.47 Å². The van der Waals surface area contributed by atoms with Crippen molar-refractivity contribution >= 4 is 15.9 Å². The molecule has 0 bridgehead atoms. The summed E-state index contributed by atoms with van der Waals surface area (Å²) in [4.78, 5) is 0.402. The summed E-state index contributed by atoms with van der Waals surface area (Å²) in [6.07, 6.45) is 2.29. The quantitative estimate of drug-likeness (QED) is 0.753. The van der Waals surface area contributed by atoms with Gasteiger partial charge in [0.15, 0.2) is 0 Å². The van der Waals surface area contributed by atoms with E-state index in [1.807, 2.05) is 24.3 Å². The molecule has 3 nitrogen and oxygen atoms in total. The standard InChI is InChI=1S/C14H19BrO3/c1-3-7-17-14-12(15)9-13(14)18-11-6-4-5-10(8-11)16-2/h4-6,8,12-14H,3,7,9H2,1-2H3. The second-order valence-corrected chi connectivity index (χ2v) is 5.60. The van der Waals surface area contributed by atoms with E-state index in [1.165, 1.54) is 0 Å². The van der Waals surface area contributed by atoms with Crippen LogP contribution in [0.5, 0.6) is 11.5 Å². The molecule has 0 radical (unpaired) electrons. The third kappa shape index (κ3) is 3.18. The zero-order valence-electron chi connectivity index (χ0n) is 10.8. The van der Waals surface area contributed by atoms with Gasteiger partial charge >= 0.3 is 0 Å². The number of ether oxygens (including phenoxy) is 3. The first-order chi connectivity index (χ1) is 8.74. The molecule has 0 heterocycles. The van der Waals surface area contributed by atoms with Crippen molar-refractivity contribution in [2.75, 3.05) is 13.7 Å². The zero-order chi connectivity index (χ0) is 13.0. The van der Waals surface area contributed by atoms with Gasteiger partial charge in [0.1, 0.15) is 23.7 Å². The lowest BCUT2D eigenvalue weighted by molar-refractivity contribution is -0.0762. The molecule has 0 spiro atoms. The van der Waals surface area contributed by atoms with Gasteiger partial charge in [-0.25, -0.2) is 0 Å². The smallest absolute Gasteiger partial charge is 0.127 e. The molecule has 1 aromatic rings. The maximum Gasteiger partial charge on any atom is 0.127 e. The Labute approximate surface area is 117 Å². The number of alkyl halides is 1. The lowest BCUT2D eigenvalue weighted by atomic mass is 9.91. The number of benzene rings is 1. The van der Waals surface area contributed by atoms with Crippen LogP contribution in [0.25, 0.3) is 0 Å². The van der Waals surface area contributed by atoms with Gasteiger partial charge in [-0.05, 0) is 18.6 Å². The van der Waals surface area contributed by atoms with Gasteiger partial charge in [-0.15, -0.1) is 0 Å². The molecule has 4 heteroatoms. The van der Waals surface area contributed by atoms with Gasteiger partial charge in [-0.2, -0.15) is 0 Å². The average Bonchev–Trinajstić information content (AvgIpc) is 2.39. The molecule has 0 N–H and O–H groups in total. The number of methoxy groups -OCH3 is 1. The first kappa shape index (κ1) is 13.7. The summed E-state index contributed by atoms with van der Waals surface area (Å²) < 4.78 is 16.9. The number of hydrogen-bond acceptors (Lipinski definition) is 3. The van der Waals surface area contributed by atoms with Crippen LogP contribution in [0, 0.1) is 0 Å². The minimum Gasteiger partial charge on any atom is -0.497 e. The van der Waals surface area contributed by atoms with E-state index in [4.69, 9.17) is 14.2 Å². The fraction of sp³-hybridized carbons (Fsp3) is 0.571. The Balaban J connectivity index is 1.92. The summed E-state index contributed by atoms with van der Waals surface area (Å²) in [5.74, 6) is 1.65. The highest BCUT2D eigenvalue weighted by Crippen LogP contribution is 2.34. The van der Waals surface area contributed by atoms with Crippen molar-refractivity contribution in [2.24, 2.45) is 0 Å². The van der Waals surface area contributed by atoms with Crippen molar-refractivity contribution in [3.05, 3.63) is 24.3 Å². The van der Waals surface area contributed by atoms with Gasteiger partial charge in [0.2, 0.25) is 0 Å². The van der Waals surface area contributed by atoms with E-state index in [0.29, 0.717) is 4.83 Å². The van der Waals surface area contributed by atoms with Crippen molar-refractivity contribution < 1.29 is 14.2 Å². The fourth-order valence-corrected chi connectivity index (χ4v) is 2.82. The highest BCUT2D eigenvalue weighted by atomic mass is 79.9. The molecule has 0 aliphatic heterocycles. The maximum absolute atomic E-state index is 5.94. The predicted octanol–water partition coefficient (Wildman–Crippen LogP) is 3.41. The molecule has 100 valence electrons. The third-order valence-electron chi connectivity index (χ3n) is 3.02. The molecule has 18 heavy (non-hydrogen) atoms. The monoisotopic (exact) mass is 314 g/mol. The van der Waals surface area contributed by atoms with E-state index in [2.05, 4.69) is 22.9 Å². The molecule has 1 aliphatic carbocycles. The molecule has 1 aliphatic rings. The largest absolute Gasteiger partial charge is 0.497 e. The van der Waals surface area contributed by atoms with Crippen LogP contribution in [-0.4, -0.2) is 30.8 Å². The second-order valence-electron chi connectivity index (χ2n) is 4.42. The van der Waals surface area contributed by atoms with E-state index in [1.54, 1.807) is 7.11 Å². The van der Waals surface area contributed by atoms with Crippen LogP contribution in [0.15, 0.2) is 24.3 Å². The van der Waals surface area contributed by atoms with Crippen molar-refractivity contribution in [2.45, 2.75) is 36.8 Å². The highest BCUT2D eigenvalue weighted by molar-refractivity contribution is 9.09. The summed E-state index contributed by atoms with van der Waals surface area (Å²) in [7, 11) is 1.66. The molecule has 1 saturated carbocycles. The Morgan fingerprint density at radius 2 is 2.11 bits per heavy atom. The van der Waals surface area contributed by atoms with Crippen LogP contribution in [0.3, 0.4) is 0 Å². The third-order valence-corrected chi connectivity index (χ3v) is 3.92. The average molecular weight is 315 g/mol. The topological polar surface area (TPSA) is 27.7 Å². The van der Waals surface area contributed by atoms with Crippen molar-refractivity contribution in [3.63, 3.8) is 0 Å². The summed E-state index contributed by atoms with van der Waals surface area (Å²) in [5, 5.41) is 0. The van der Waals surface area contributed by atoms with Crippen molar-refractivity contribution in [3.8, 4) is 11.5 Å². The van der Waals surface area contributed by atoms with E-state index < -0.39 is 0 Å². The van der Waals surface area contributed by atoms with E-state index in [0.717, 1.165) is 30.9 Å². The van der Waals surface area contributed by atoms with Gasteiger partial charge in [0, 0.05) is 23.9 Å². The van der Waals surface area contributed by atoms with Crippen LogP contribution in [0.1, 0.15) is 19.8 Å². The fourth-order valence-electron chi connectivity index (χ4n) is 1.96. The Kier molecular flexibility index (Phi) is 4.89. The molecule has 1 aromatic carbocycles. The molecule has 2 rings (SSSR count). The summed E-state index contributed by atoms with van der Waals surface area (Å²) in [6.45, 7) is 2.89. The van der Waals surface area contributed by atoms with Crippen LogP contribution in [0.4, 0.5) is 0 Å². The van der Waals surface area contributed by atoms with Gasteiger partial charge in [0.05, 0.1) is 7.11 Å². The summed E-state index contributed by atoms with van der Waals surface area (Å²) in [5.41, 5.74) is 0. The number of rotatable bonds is 6.